The van der Waals surface area contributed by atoms with Crippen LogP contribution in [0.15, 0.2) is 18.3 Å². The minimum atomic E-state index is 0.282. The Morgan fingerprint density at radius 3 is 2.92 bits per heavy atom. The molecule has 3 heteroatoms. The SMILES string of the molecule is Cc1ccnc(O[C@H]2C[C@H](N)C2)c1. The lowest BCUT2D eigenvalue weighted by molar-refractivity contribution is 0.0958. The summed E-state index contributed by atoms with van der Waals surface area (Å²) in [4.78, 5) is 4.12. The topological polar surface area (TPSA) is 48.1 Å². The molecule has 13 heavy (non-hydrogen) atoms. The molecule has 0 spiro atoms. The van der Waals surface area contributed by atoms with Crippen molar-refractivity contribution in [3.05, 3.63) is 23.9 Å². The molecule has 3 nitrogen and oxygen atoms in total. The molecule has 1 fully saturated rings. The van der Waals surface area contributed by atoms with Crippen molar-refractivity contribution in [2.24, 2.45) is 5.73 Å². The molecule has 0 atom stereocenters. The van der Waals surface area contributed by atoms with Gasteiger partial charge in [-0.3, -0.25) is 0 Å². The first kappa shape index (κ1) is 8.51. The highest BCUT2D eigenvalue weighted by atomic mass is 16.5. The third-order valence-electron chi connectivity index (χ3n) is 2.31. The molecule has 1 saturated carbocycles. The smallest absolute Gasteiger partial charge is 0.213 e. The van der Waals surface area contributed by atoms with Gasteiger partial charge in [0.15, 0.2) is 0 Å². The van der Waals surface area contributed by atoms with E-state index in [2.05, 4.69) is 4.98 Å². The molecule has 1 aromatic heterocycles. The van der Waals surface area contributed by atoms with Gasteiger partial charge in [-0.1, -0.05) is 0 Å². The van der Waals surface area contributed by atoms with Crippen LogP contribution in [0.2, 0.25) is 0 Å². The summed E-state index contributed by atoms with van der Waals surface area (Å²) in [6, 6.07) is 4.23. The summed E-state index contributed by atoms with van der Waals surface area (Å²) in [6.45, 7) is 2.03. The molecule has 0 unspecified atom stereocenters. The molecular formula is C10H14N2O. The van der Waals surface area contributed by atoms with Crippen molar-refractivity contribution >= 4 is 0 Å². The van der Waals surface area contributed by atoms with Crippen molar-refractivity contribution in [2.75, 3.05) is 0 Å². The number of ether oxygens (including phenoxy) is 1. The Balaban J connectivity index is 1.94. The maximum atomic E-state index is 5.65. The molecule has 0 radical (unpaired) electrons. The molecule has 2 rings (SSSR count). The third kappa shape index (κ3) is 1.98. The number of nitrogens with zero attached hydrogens (tertiary/aromatic N) is 1. The van der Waals surface area contributed by atoms with E-state index in [0.29, 0.717) is 6.04 Å². The van der Waals surface area contributed by atoms with Crippen LogP contribution in [0.3, 0.4) is 0 Å². The molecule has 0 bridgehead atoms. The first-order chi connectivity index (χ1) is 6.24. The summed E-state index contributed by atoms with van der Waals surface area (Å²) >= 11 is 0. The van der Waals surface area contributed by atoms with Crippen LogP contribution < -0.4 is 10.5 Å². The third-order valence-corrected chi connectivity index (χ3v) is 2.31. The van der Waals surface area contributed by atoms with Gasteiger partial charge in [0.05, 0.1) is 0 Å². The van der Waals surface area contributed by atoms with Crippen LogP contribution in [0.25, 0.3) is 0 Å². The maximum absolute atomic E-state index is 5.65. The van der Waals surface area contributed by atoms with Crippen LogP contribution in [-0.4, -0.2) is 17.1 Å². The lowest BCUT2D eigenvalue weighted by Crippen LogP contribution is -2.43. The highest BCUT2D eigenvalue weighted by Crippen LogP contribution is 2.23. The molecule has 0 aliphatic heterocycles. The van der Waals surface area contributed by atoms with E-state index in [1.165, 1.54) is 5.56 Å². The van der Waals surface area contributed by atoms with Gasteiger partial charge in [0.25, 0.3) is 0 Å². The van der Waals surface area contributed by atoms with Crippen molar-refractivity contribution < 1.29 is 4.74 Å². The van der Waals surface area contributed by atoms with E-state index in [1.54, 1.807) is 6.20 Å². The number of nitrogens with two attached hydrogens (primary N) is 1. The van der Waals surface area contributed by atoms with Crippen LogP contribution in [0.4, 0.5) is 0 Å². The number of hydrogen-bond acceptors (Lipinski definition) is 3. The number of hydrogen-bond donors (Lipinski definition) is 1. The van der Waals surface area contributed by atoms with Crippen molar-refractivity contribution in [1.29, 1.82) is 0 Å². The Kier molecular flexibility index (Phi) is 2.19. The Morgan fingerprint density at radius 2 is 2.31 bits per heavy atom. The summed E-state index contributed by atoms with van der Waals surface area (Å²) < 4.78 is 5.61. The fraction of sp³-hybridized carbons (Fsp3) is 0.500. The summed E-state index contributed by atoms with van der Waals surface area (Å²) in [5.74, 6) is 0.719. The normalized spacial score (nSPS) is 26.6. The summed E-state index contributed by atoms with van der Waals surface area (Å²) in [7, 11) is 0. The van der Waals surface area contributed by atoms with Crippen LogP contribution >= 0.6 is 0 Å². The molecule has 0 amide bonds. The molecule has 70 valence electrons. The quantitative estimate of drug-likeness (QED) is 0.741. The molecule has 0 aromatic carbocycles. The van der Waals surface area contributed by atoms with Crippen LogP contribution in [0, 0.1) is 6.92 Å². The predicted octanol–water partition coefficient (Wildman–Crippen LogP) is 1.26. The van der Waals surface area contributed by atoms with E-state index >= 15 is 0 Å². The van der Waals surface area contributed by atoms with Crippen molar-refractivity contribution in [2.45, 2.75) is 31.9 Å². The van der Waals surface area contributed by atoms with Gasteiger partial charge in [0.2, 0.25) is 5.88 Å². The van der Waals surface area contributed by atoms with E-state index in [-0.39, 0.29) is 6.10 Å². The second-order valence-electron chi connectivity index (χ2n) is 3.64. The van der Waals surface area contributed by atoms with Gasteiger partial charge >= 0.3 is 0 Å². The molecule has 1 aliphatic rings. The van der Waals surface area contributed by atoms with Crippen molar-refractivity contribution in [1.82, 2.24) is 4.98 Å². The van der Waals surface area contributed by atoms with Gasteiger partial charge in [0.1, 0.15) is 6.10 Å². The van der Waals surface area contributed by atoms with Gasteiger partial charge in [-0.2, -0.15) is 0 Å². The van der Waals surface area contributed by atoms with Crippen molar-refractivity contribution in [3.63, 3.8) is 0 Å². The van der Waals surface area contributed by atoms with Crippen LogP contribution in [0.5, 0.6) is 5.88 Å². The van der Waals surface area contributed by atoms with Gasteiger partial charge < -0.3 is 10.5 Å². The first-order valence-electron chi connectivity index (χ1n) is 4.59. The Morgan fingerprint density at radius 1 is 1.54 bits per heavy atom. The number of rotatable bonds is 2. The summed E-state index contributed by atoms with van der Waals surface area (Å²) in [6.07, 6.45) is 3.96. The van der Waals surface area contributed by atoms with Crippen LogP contribution in [0.1, 0.15) is 18.4 Å². The van der Waals surface area contributed by atoms with Gasteiger partial charge in [-0.15, -0.1) is 0 Å². The predicted molar refractivity (Wildman–Crippen MR) is 50.6 cm³/mol. The average molecular weight is 178 g/mol. The molecular weight excluding hydrogens is 164 g/mol. The minimum Gasteiger partial charge on any atom is -0.474 e. The summed E-state index contributed by atoms with van der Waals surface area (Å²) in [5, 5.41) is 0. The van der Waals surface area contributed by atoms with E-state index in [1.807, 2.05) is 19.1 Å². The number of aryl methyl sites for hydroxylation is 1. The standard InChI is InChI=1S/C10H14N2O/c1-7-2-3-12-10(4-7)13-9-5-8(11)6-9/h2-4,8-9H,5-6,11H2,1H3/t8-,9-. The van der Waals surface area contributed by atoms with E-state index < -0.39 is 0 Å². The Labute approximate surface area is 77.9 Å². The monoisotopic (exact) mass is 178 g/mol. The number of aromatic nitrogens is 1. The Bertz CT molecular complexity index is 295. The van der Waals surface area contributed by atoms with E-state index in [0.717, 1.165) is 18.7 Å². The zero-order valence-electron chi connectivity index (χ0n) is 7.73. The zero-order valence-corrected chi connectivity index (χ0v) is 7.73. The van der Waals surface area contributed by atoms with Gasteiger partial charge in [-0.05, 0) is 31.4 Å². The fourth-order valence-corrected chi connectivity index (χ4v) is 1.45. The average Bonchev–Trinajstić information content (AvgIpc) is 2.01. The minimum absolute atomic E-state index is 0.282. The highest BCUT2D eigenvalue weighted by Gasteiger charge is 2.27. The second-order valence-corrected chi connectivity index (χ2v) is 3.64. The fourth-order valence-electron chi connectivity index (χ4n) is 1.45. The van der Waals surface area contributed by atoms with Gasteiger partial charge in [0, 0.05) is 18.3 Å². The Hall–Kier alpha value is -1.09. The van der Waals surface area contributed by atoms with E-state index in [4.69, 9.17) is 10.5 Å². The molecule has 1 heterocycles. The first-order valence-corrected chi connectivity index (χ1v) is 4.59. The summed E-state index contributed by atoms with van der Waals surface area (Å²) in [5.41, 5.74) is 6.83. The lowest BCUT2D eigenvalue weighted by atomic mass is 9.90. The maximum Gasteiger partial charge on any atom is 0.213 e. The lowest BCUT2D eigenvalue weighted by Gasteiger charge is -2.32. The molecule has 1 aliphatic carbocycles. The second kappa shape index (κ2) is 3.34. The van der Waals surface area contributed by atoms with Gasteiger partial charge in [-0.25, -0.2) is 4.98 Å². The van der Waals surface area contributed by atoms with Crippen molar-refractivity contribution in [3.8, 4) is 5.88 Å². The van der Waals surface area contributed by atoms with Crippen LogP contribution in [-0.2, 0) is 0 Å². The molecule has 1 aromatic rings. The largest absolute Gasteiger partial charge is 0.474 e. The molecule has 2 N–H and O–H groups in total. The zero-order chi connectivity index (χ0) is 9.26. The highest BCUT2D eigenvalue weighted by molar-refractivity contribution is 5.19. The van der Waals surface area contributed by atoms with E-state index in [9.17, 15) is 0 Å². The number of pyridine rings is 1. The molecule has 0 saturated heterocycles.